The third-order valence-corrected chi connectivity index (χ3v) is 4.89. The number of fused-ring (bicyclic) bond motifs is 3. The van der Waals surface area contributed by atoms with Crippen molar-refractivity contribution < 1.29 is 18.9 Å². The SMILES string of the molecule is COCC[n+]1c(C)c(C)n2c1N=C1C2C(=O)N(CC(C)C)C(=O)N1C. The van der Waals surface area contributed by atoms with Crippen LogP contribution in [0.2, 0.25) is 0 Å². The van der Waals surface area contributed by atoms with E-state index >= 15 is 0 Å². The molecule has 1 aromatic rings. The highest BCUT2D eigenvalue weighted by molar-refractivity contribution is 6.20. The first-order valence-electron chi connectivity index (χ1n) is 8.57. The Morgan fingerprint density at radius 1 is 1.28 bits per heavy atom. The lowest BCUT2D eigenvalue weighted by Gasteiger charge is -2.34. The molecule has 3 rings (SSSR count). The van der Waals surface area contributed by atoms with Crippen molar-refractivity contribution in [2.24, 2.45) is 10.9 Å². The van der Waals surface area contributed by atoms with E-state index in [1.54, 1.807) is 14.2 Å². The zero-order valence-electron chi connectivity index (χ0n) is 15.7. The highest BCUT2D eigenvalue weighted by Gasteiger charge is 2.54. The summed E-state index contributed by atoms with van der Waals surface area (Å²) in [7, 11) is 3.34. The lowest BCUT2D eigenvalue weighted by atomic mass is 10.1. The fraction of sp³-hybridized carbons (Fsp3) is 0.647. The number of amides is 3. The maximum Gasteiger partial charge on any atom is 0.402 e. The van der Waals surface area contributed by atoms with Gasteiger partial charge in [0.1, 0.15) is 11.4 Å². The third-order valence-electron chi connectivity index (χ3n) is 4.89. The summed E-state index contributed by atoms with van der Waals surface area (Å²) in [5.41, 5.74) is 2.04. The summed E-state index contributed by atoms with van der Waals surface area (Å²) < 4.78 is 9.18. The number of amidine groups is 1. The molecule has 8 nitrogen and oxygen atoms in total. The fourth-order valence-corrected chi connectivity index (χ4v) is 3.49. The van der Waals surface area contributed by atoms with Gasteiger partial charge in [0.15, 0.2) is 0 Å². The first kappa shape index (κ1) is 17.6. The van der Waals surface area contributed by atoms with Crippen LogP contribution >= 0.6 is 0 Å². The Morgan fingerprint density at radius 3 is 2.56 bits per heavy atom. The zero-order valence-corrected chi connectivity index (χ0v) is 15.7. The normalized spacial score (nSPS) is 19.6. The smallest absolute Gasteiger partial charge is 0.381 e. The average Bonchev–Trinajstić information content (AvgIpc) is 3.05. The van der Waals surface area contributed by atoms with Crippen molar-refractivity contribution >= 4 is 23.7 Å². The van der Waals surface area contributed by atoms with Crippen LogP contribution in [0.5, 0.6) is 0 Å². The van der Waals surface area contributed by atoms with Gasteiger partial charge >= 0.3 is 12.0 Å². The van der Waals surface area contributed by atoms with Crippen LogP contribution in [0.1, 0.15) is 31.3 Å². The molecule has 1 atom stereocenters. The molecule has 3 heterocycles. The number of imidazole rings is 1. The van der Waals surface area contributed by atoms with Gasteiger partial charge in [0, 0.05) is 20.7 Å². The summed E-state index contributed by atoms with van der Waals surface area (Å²) in [4.78, 5) is 33.2. The number of hydrogen-bond donors (Lipinski definition) is 0. The molecule has 0 spiro atoms. The molecule has 3 amide bonds. The van der Waals surface area contributed by atoms with Gasteiger partial charge in [0.05, 0.1) is 13.2 Å². The summed E-state index contributed by atoms with van der Waals surface area (Å²) in [6.07, 6.45) is 0. The molecule has 0 aliphatic carbocycles. The second-order valence-electron chi connectivity index (χ2n) is 7.04. The second-order valence-corrected chi connectivity index (χ2v) is 7.04. The molecule has 1 saturated heterocycles. The van der Waals surface area contributed by atoms with Gasteiger partial charge in [-0.2, -0.15) is 0 Å². The maximum atomic E-state index is 13.1. The zero-order chi connectivity index (χ0) is 18.5. The number of carbonyl (C=O) groups is 2. The van der Waals surface area contributed by atoms with Crippen LogP contribution in [-0.2, 0) is 16.1 Å². The molecule has 0 aromatic carbocycles. The van der Waals surface area contributed by atoms with E-state index in [0.29, 0.717) is 31.5 Å². The van der Waals surface area contributed by atoms with Crippen molar-refractivity contribution in [3.05, 3.63) is 11.4 Å². The van der Waals surface area contributed by atoms with Crippen LogP contribution in [0.15, 0.2) is 4.99 Å². The monoisotopic (exact) mass is 348 g/mol. The summed E-state index contributed by atoms with van der Waals surface area (Å²) >= 11 is 0. The van der Waals surface area contributed by atoms with Crippen molar-refractivity contribution in [2.45, 2.75) is 40.3 Å². The first-order chi connectivity index (χ1) is 11.8. The van der Waals surface area contributed by atoms with Crippen molar-refractivity contribution in [1.29, 1.82) is 0 Å². The summed E-state index contributed by atoms with van der Waals surface area (Å²) in [5.74, 6) is 1.21. The van der Waals surface area contributed by atoms with E-state index in [-0.39, 0.29) is 17.9 Å². The van der Waals surface area contributed by atoms with Crippen molar-refractivity contribution in [1.82, 2.24) is 14.4 Å². The Labute approximate surface area is 147 Å². The highest BCUT2D eigenvalue weighted by Crippen LogP contribution is 2.35. The number of hydrogen-bond acceptors (Lipinski definition) is 4. The van der Waals surface area contributed by atoms with Gasteiger partial charge in [-0.25, -0.2) is 13.9 Å². The Morgan fingerprint density at radius 2 is 1.96 bits per heavy atom. The number of rotatable bonds is 5. The topological polar surface area (TPSA) is 71.0 Å². The molecule has 0 saturated carbocycles. The Hall–Kier alpha value is -2.22. The second kappa shape index (κ2) is 6.25. The number of urea groups is 1. The minimum atomic E-state index is -0.570. The molecule has 8 heteroatoms. The molecule has 0 bridgehead atoms. The summed E-state index contributed by atoms with van der Waals surface area (Å²) in [6, 6.07) is -0.879. The van der Waals surface area contributed by atoms with E-state index in [1.807, 2.05) is 36.8 Å². The van der Waals surface area contributed by atoms with Crippen molar-refractivity contribution in [3.8, 4) is 0 Å². The van der Waals surface area contributed by atoms with Gasteiger partial charge in [-0.1, -0.05) is 18.8 Å². The average molecular weight is 348 g/mol. The van der Waals surface area contributed by atoms with Gasteiger partial charge in [0.25, 0.3) is 5.91 Å². The molecule has 136 valence electrons. The van der Waals surface area contributed by atoms with Crippen LogP contribution in [-0.4, -0.2) is 59.4 Å². The first-order valence-corrected chi connectivity index (χ1v) is 8.57. The molecule has 25 heavy (non-hydrogen) atoms. The minimum absolute atomic E-state index is 0.203. The third kappa shape index (κ3) is 2.55. The van der Waals surface area contributed by atoms with Crippen LogP contribution in [0.25, 0.3) is 0 Å². The number of imide groups is 1. The van der Waals surface area contributed by atoms with Gasteiger partial charge in [-0.3, -0.25) is 14.6 Å². The predicted molar refractivity (Wildman–Crippen MR) is 91.8 cm³/mol. The van der Waals surface area contributed by atoms with Crippen LogP contribution in [0.4, 0.5) is 10.7 Å². The molecule has 2 aliphatic heterocycles. The number of likely N-dealkylation sites (N-methyl/N-ethyl adjacent to an activating group) is 1. The van der Waals surface area contributed by atoms with E-state index < -0.39 is 6.04 Å². The number of methoxy groups -OCH3 is 1. The van der Waals surface area contributed by atoms with E-state index in [0.717, 1.165) is 11.4 Å². The molecule has 0 N–H and O–H groups in total. The number of aliphatic imine (C=N–C) groups is 1. The Bertz CT molecular complexity index is 765. The van der Waals surface area contributed by atoms with Crippen molar-refractivity contribution in [2.75, 3.05) is 27.3 Å². The standard InChI is InChI=1S/C17H26N5O3/c1-10(2)9-21-15(23)13-14(19(5)17(21)24)18-16-20(7-8-25-6)11(3)12(4)22(13)16/h10,13H,7-9H2,1-6H3/q+1. The van der Waals surface area contributed by atoms with E-state index in [1.165, 1.54) is 9.80 Å². The number of ether oxygens (including phenoxy) is 1. The van der Waals surface area contributed by atoms with Gasteiger partial charge in [0.2, 0.25) is 11.9 Å². The minimum Gasteiger partial charge on any atom is -0.381 e. The molecular formula is C17H26N5O3+. The molecular weight excluding hydrogens is 322 g/mol. The van der Waals surface area contributed by atoms with E-state index in [9.17, 15) is 9.59 Å². The molecule has 1 aromatic heterocycles. The Balaban J connectivity index is 2.08. The number of carbonyl (C=O) groups excluding carboxylic acids is 2. The molecule has 1 fully saturated rings. The van der Waals surface area contributed by atoms with E-state index in [4.69, 9.17) is 4.74 Å². The lowest BCUT2D eigenvalue weighted by Crippen LogP contribution is -2.58. The number of aromatic nitrogens is 2. The van der Waals surface area contributed by atoms with Gasteiger partial charge in [-0.05, 0) is 19.8 Å². The van der Waals surface area contributed by atoms with Crippen molar-refractivity contribution in [3.63, 3.8) is 0 Å². The molecule has 0 radical (unpaired) electrons. The Kier molecular flexibility index (Phi) is 4.40. The van der Waals surface area contributed by atoms with Crippen LogP contribution in [0.3, 0.4) is 0 Å². The van der Waals surface area contributed by atoms with Crippen LogP contribution < -0.4 is 4.57 Å². The predicted octanol–water partition coefficient (Wildman–Crippen LogP) is 1.17. The van der Waals surface area contributed by atoms with E-state index in [2.05, 4.69) is 4.99 Å². The number of nitrogens with zero attached hydrogens (tertiary/aromatic N) is 5. The van der Waals surface area contributed by atoms with Gasteiger partial charge in [-0.15, -0.1) is 0 Å². The van der Waals surface area contributed by atoms with Crippen LogP contribution in [0, 0.1) is 19.8 Å². The molecule has 2 aliphatic rings. The lowest BCUT2D eigenvalue weighted by molar-refractivity contribution is -0.690. The largest absolute Gasteiger partial charge is 0.402 e. The fourth-order valence-electron chi connectivity index (χ4n) is 3.49. The maximum absolute atomic E-state index is 13.1. The summed E-state index contributed by atoms with van der Waals surface area (Å²) in [6.45, 7) is 9.60. The molecule has 1 unspecified atom stereocenters. The summed E-state index contributed by atoms with van der Waals surface area (Å²) in [5, 5.41) is 0. The quantitative estimate of drug-likeness (QED) is 0.750. The highest BCUT2D eigenvalue weighted by atomic mass is 16.5. The van der Waals surface area contributed by atoms with Gasteiger partial charge < -0.3 is 4.74 Å².